The largest absolute Gasteiger partial charge is 0.508 e. The van der Waals surface area contributed by atoms with E-state index < -0.39 is 5.63 Å². The second kappa shape index (κ2) is 10.4. The maximum absolute atomic E-state index is 12.9. The summed E-state index contributed by atoms with van der Waals surface area (Å²) in [4.78, 5) is 15.4. The molecule has 180 valence electrons. The maximum atomic E-state index is 12.9. The van der Waals surface area contributed by atoms with Crippen LogP contribution in [0.25, 0.3) is 22.1 Å². The number of fused-ring (bicyclic) bond motifs is 1. The predicted octanol–water partition coefficient (Wildman–Crippen LogP) is 6.48. The molecule has 4 aromatic rings. The third-order valence-corrected chi connectivity index (χ3v) is 6.40. The van der Waals surface area contributed by atoms with E-state index in [1.807, 2.05) is 24.3 Å². The third kappa shape index (κ3) is 5.45. The second-order valence-corrected chi connectivity index (χ2v) is 9.04. The summed E-state index contributed by atoms with van der Waals surface area (Å²) in [5.74, 6) is 1.29. The zero-order valence-electron chi connectivity index (χ0n) is 19.2. The molecule has 1 saturated heterocycles. The summed E-state index contributed by atoms with van der Waals surface area (Å²) in [6.45, 7) is 3.81. The fourth-order valence-corrected chi connectivity index (χ4v) is 4.49. The maximum Gasteiger partial charge on any atom is 0.380 e. The fourth-order valence-electron chi connectivity index (χ4n) is 4.37. The van der Waals surface area contributed by atoms with Crippen molar-refractivity contribution in [3.63, 3.8) is 0 Å². The molecule has 0 unspecified atom stereocenters. The Morgan fingerprint density at radius 2 is 1.63 bits per heavy atom. The average molecular weight is 492 g/mol. The first kappa shape index (κ1) is 23.3. The minimum atomic E-state index is -0.644. The normalized spacial score (nSPS) is 14.2. The van der Waals surface area contributed by atoms with E-state index in [4.69, 9.17) is 25.5 Å². The first-order valence-electron chi connectivity index (χ1n) is 11.8. The number of rotatable bonds is 7. The van der Waals surface area contributed by atoms with Crippen molar-refractivity contribution in [3.05, 3.63) is 82.2 Å². The molecule has 0 radical (unpaired) electrons. The number of likely N-dealkylation sites (tertiary alicyclic amines) is 1. The van der Waals surface area contributed by atoms with Gasteiger partial charge in [0.25, 0.3) is 0 Å². The van der Waals surface area contributed by atoms with E-state index in [9.17, 15) is 9.90 Å². The van der Waals surface area contributed by atoms with Gasteiger partial charge >= 0.3 is 5.63 Å². The minimum absolute atomic E-state index is 0.00965. The molecule has 1 aromatic heterocycles. The molecular weight excluding hydrogens is 466 g/mol. The number of aromatic hydroxyl groups is 1. The average Bonchev–Trinajstić information content (AvgIpc) is 2.87. The summed E-state index contributed by atoms with van der Waals surface area (Å²) in [6, 6.07) is 19.0. The molecule has 0 amide bonds. The lowest BCUT2D eigenvalue weighted by Crippen LogP contribution is -2.33. The van der Waals surface area contributed by atoms with Crippen LogP contribution in [0.4, 0.5) is 0 Å². The van der Waals surface area contributed by atoms with E-state index in [0.29, 0.717) is 28.3 Å². The third-order valence-electron chi connectivity index (χ3n) is 6.15. The van der Waals surface area contributed by atoms with E-state index in [1.54, 1.807) is 36.4 Å². The van der Waals surface area contributed by atoms with Crippen LogP contribution in [0.15, 0.2) is 75.9 Å². The van der Waals surface area contributed by atoms with Gasteiger partial charge in [0.05, 0.1) is 0 Å². The molecule has 3 aromatic carbocycles. The molecule has 6 nitrogen and oxygen atoms in total. The Bertz CT molecular complexity index is 1360. The summed E-state index contributed by atoms with van der Waals surface area (Å²) in [5, 5.41) is 11.1. The Hall–Kier alpha value is -3.48. The van der Waals surface area contributed by atoms with Gasteiger partial charge in [-0.05, 0) is 80.0 Å². The summed E-state index contributed by atoms with van der Waals surface area (Å²) in [6.07, 6.45) is 3.83. The van der Waals surface area contributed by atoms with E-state index in [1.165, 1.54) is 25.3 Å². The lowest BCUT2D eigenvalue weighted by Gasteiger charge is -2.26. The number of benzene rings is 3. The topological polar surface area (TPSA) is 72.1 Å². The standard InChI is InChI=1S/C28H26ClNO5/c29-20-6-11-23(12-7-20)34-27-26(24-13-8-21(31)18-25(24)35-28(27)32)19-4-9-22(10-5-19)33-17-16-30-14-2-1-3-15-30/h4-13,18,31H,1-3,14-17H2. The quantitative estimate of drug-likeness (QED) is 0.298. The molecule has 1 aliphatic rings. The van der Waals surface area contributed by atoms with Crippen LogP contribution in [0.3, 0.4) is 0 Å². The minimum Gasteiger partial charge on any atom is -0.508 e. The second-order valence-electron chi connectivity index (χ2n) is 8.61. The smallest absolute Gasteiger partial charge is 0.380 e. The van der Waals surface area contributed by atoms with Gasteiger partial charge in [-0.3, -0.25) is 4.90 Å². The Morgan fingerprint density at radius 1 is 0.914 bits per heavy atom. The van der Waals surface area contributed by atoms with Crippen molar-refractivity contribution in [1.82, 2.24) is 4.90 Å². The van der Waals surface area contributed by atoms with Crippen molar-refractivity contribution >= 4 is 22.6 Å². The van der Waals surface area contributed by atoms with Crippen molar-refractivity contribution in [3.8, 4) is 34.1 Å². The zero-order chi connectivity index (χ0) is 24.2. The number of hydrogen-bond acceptors (Lipinski definition) is 6. The highest BCUT2D eigenvalue weighted by atomic mass is 35.5. The molecule has 35 heavy (non-hydrogen) atoms. The number of nitrogens with zero attached hydrogens (tertiary/aromatic N) is 1. The molecule has 0 bridgehead atoms. The Morgan fingerprint density at radius 3 is 2.37 bits per heavy atom. The van der Waals surface area contributed by atoms with Crippen LogP contribution in [0.1, 0.15) is 19.3 Å². The highest BCUT2D eigenvalue weighted by Crippen LogP contribution is 2.38. The summed E-state index contributed by atoms with van der Waals surface area (Å²) >= 11 is 5.99. The monoisotopic (exact) mass is 491 g/mol. The molecule has 1 aliphatic heterocycles. The van der Waals surface area contributed by atoms with Gasteiger partial charge in [0, 0.05) is 28.6 Å². The Labute approximate surface area is 208 Å². The number of halogens is 1. The highest BCUT2D eigenvalue weighted by Gasteiger charge is 2.19. The van der Waals surface area contributed by atoms with Gasteiger partial charge in [-0.25, -0.2) is 4.79 Å². The summed E-state index contributed by atoms with van der Waals surface area (Å²) in [5.41, 5.74) is 0.970. The predicted molar refractivity (Wildman–Crippen MR) is 137 cm³/mol. The van der Waals surface area contributed by atoms with Gasteiger partial charge in [-0.1, -0.05) is 30.2 Å². The molecule has 0 aliphatic carbocycles. The first-order chi connectivity index (χ1) is 17.1. The van der Waals surface area contributed by atoms with Crippen molar-refractivity contribution < 1.29 is 19.0 Å². The lowest BCUT2D eigenvalue weighted by molar-refractivity contribution is 0.183. The number of phenolic OH excluding ortho intramolecular Hbond substituents is 1. The molecule has 0 spiro atoms. The SMILES string of the molecule is O=c1oc2cc(O)ccc2c(-c2ccc(OCCN3CCCCC3)cc2)c1Oc1ccc(Cl)cc1. The molecule has 2 heterocycles. The molecule has 0 saturated carbocycles. The summed E-state index contributed by atoms with van der Waals surface area (Å²) in [7, 11) is 0. The lowest BCUT2D eigenvalue weighted by atomic mass is 10.0. The van der Waals surface area contributed by atoms with E-state index >= 15 is 0 Å². The number of phenols is 1. The molecule has 5 rings (SSSR count). The van der Waals surface area contributed by atoms with Gasteiger partial charge in [-0.15, -0.1) is 0 Å². The highest BCUT2D eigenvalue weighted by molar-refractivity contribution is 6.30. The fraction of sp³-hybridized carbons (Fsp3) is 0.250. The molecule has 1 N–H and O–H groups in total. The van der Waals surface area contributed by atoms with Gasteiger partial charge in [0.2, 0.25) is 5.75 Å². The van der Waals surface area contributed by atoms with Crippen molar-refractivity contribution in [1.29, 1.82) is 0 Å². The van der Waals surface area contributed by atoms with E-state index in [2.05, 4.69) is 4.90 Å². The molecule has 1 fully saturated rings. The van der Waals surface area contributed by atoms with Crippen molar-refractivity contribution in [2.75, 3.05) is 26.2 Å². The van der Waals surface area contributed by atoms with Crippen LogP contribution < -0.4 is 15.1 Å². The number of ether oxygens (including phenoxy) is 2. The van der Waals surface area contributed by atoms with Crippen LogP contribution in [-0.4, -0.2) is 36.2 Å². The van der Waals surface area contributed by atoms with Gasteiger partial charge in [-0.2, -0.15) is 0 Å². The summed E-state index contributed by atoms with van der Waals surface area (Å²) < 4.78 is 17.4. The number of piperidine rings is 1. The van der Waals surface area contributed by atoms with E-state index in [0.717, 1.165) is 30.9 Å². The molecule has 7 heteroatoms. The van der Waals surface area contributed by atoms with Gasteiger partial charge < -0.3 is 19.0 Å². The van der Waals surface area contributed by atoms with Gasteiger partial charge in [0.15, 0.2) is 0 Å². The molecule has 0 atom stereocenters. The van der Waals surface area contributed by atoms with Crippen LogP contribution in [0.2, 0.25) is 5.02 Å². The first-order valence-corrected chi connectivity index (χ1v) is 12.1. The molecular formula is C28H26ClNO5. The van der Waals surface area contributed by atoms with Gasteiger partial charge in [0.1, 0.15) is 29.4 Å². The Kier molecular flexibility index (Phi) is 6.93. The number of hydrogen-bond donors (Lipinski definition) is 1. The van der Waals surface area contributed by atoms with Crippen LogP contribution in [0.5, 0.6) is 23.0 Å². The van der Waals surface area contributed by atoms with Crippen LogP contribution in [-0.2, 0) is 0 Å². The van der Waals surface area contributed by atoms with Crippen molar-refractivity contribution in [2.24, 2.45) is 0 Å². The van der Waals surface area contributed by atoms with Crippen molar-refractivity contribution in [2.45, 2.75) is 19.3 Å². The Balaban J connectivity index is 1.45. The van der Waals surface area contributed by atoms with Crippen LogP contribution in [0, 0.1) is 0 Å². The van der Waals surface area contributed by atoms with E-state index in [-0.39, 0.29) is 17.1 Å². The zero-order valence-corrected chi connectivity index (χ0v) is 20.0. The van der Waals surface area contributed by atoms with Crippen LogP contribution >= 0.6 is 11.6 Å².